The molecule has 0 spiro atoms. The molecule has 19 heavy (non-hydrogen) atoms. The van der Waals surface area contributed by atoms with Gasteiger partial charge in [0.1, 0.15) is 5.69 Å². The zero-order chi connectivity index (χ0) is 14.3. The normalized spacial score (nSPS) is 10.9. The Labute approximate surface area is 102 Å². The molecule has 2 aromatic rings. The molecule has 10 heteroatoms. The highest BCUT2D eigenvalue weighted by atomic mass is 19.2. The van der Waals surface area contributed by atoms with Gasteiger partial charge in [-0.3, -0.25) is 0 Å². The third kappa shape index (κ3) is 2.08. The molecule has 0 saturated heterocycles. The fourth-order valence-electron chi connectivity index (χ4n) is 1.39. The van der Waals surface area contributed by atoms with E-state index in [0.717, 1.165) is 12.4 Å². The molecule has 0 unspecified atom stereocenters. The summed E-state index contributed by atoms with van der Waals surface area (Å²) >= 11 is 0. The molecule has 1 heterocycles. The van der Waals surface area contributed by atoms with Gasteiger partial charge in [-0.1, -0.05) is 0 Å². The Morgan fingerprint density at radius 1 is 0.895 bits per heavy atom. The van der Waals surface area contributed by atoms with E-state index < -0.39 is 41.9 Å². The Balaban J connectivity index is 2.68. The Hall–Kier alpha value is -1.94. The molecule has 0 aliphatic rings. The first kappa shape index (κ1) is 13.5. The van der Waals surface area contributed by atoms with Crippen LogP contribution in [0.4, 0.5) is 22.0 Å². The number of benzene rings is 1. The summed E-state index contributed by atoms with van der Waals surface area (Å²) in [5, 5.41) is 20.9. The number of halogens is 5. The van der Waals surface area contributed by atoms with Gasteiger partial charge in [0.2, 0.25) is 5.82 Å². The highest BCUT2D eigenvalue weighted by molar-refractivity contribution is 6.58. The predicted octanol–water partition coefficient (Wildman–Crippen LogP) is 0.248. The second kappa shape index (κ2) is 4.63. The van der Waals surface area contributed by atoms with Gasteiger partial charge in [0, 0.05) is 17.9 Å². The molecule has 2 rings (SSSR count). The SMILES string of the molecule is OB(O)c1cnn(-c2c(F)c(F)c(F)c(F)c2F)c1. The van der Waals surface area contributed by atoms with Crippen LogP contribution in [0.1, 0.15) is 0 Å². The first-order chi connectivity index (χ1) is 8.84. The number of hydrogen-bond acceptors (Lipinski definition) is 3. The van der Waals surface area contributed by atoms with E-state index in [1.807, 2.05) is 0 Å². The van der Waals surface area contributed by atoms with Crippen LogP contribution in [0.5, 0.6) is 0 Å². The first-order valence-electron chi connectivity index (χ1n) is 4.77. The second-order valence-electron chi connectivity index (χ2n) is 3.51. The van der Waals surface area contributed by atoms with Crippen molar-refractivity contribution in [3.05, 3.63) is 41.5 Å². The molecular formula is C9H4BF5N2O2. The smallest absolute Gasteiger partial charge is 0.423 e. The third-order valence-corrected chi connectivity index (χ3v) is 2.32. The van der Waals surface area contributed by atoms with Gasteiger partial charge in [-0.2, -0.15) is 5.10 Å². The van der Waals surface area contributed by atoms with Gasteiger partial charge in [-0.15, -0.1) is 0 Å². The Morgan fingerprint density at radius 3 is 1.79 bits per heavy atom. The van der Waals surface area contributed by atoms with Crippen molar-refractivity contribution >= 4 is 12.6 Å². The summed E-state index contributed by atoms with van der Waals surface area (Å²) in [4.78, 5) is 0. The highest BCUT2D eigenvalue weighted by Gasteiger charge is 2.28. The molecule has 4 nitrogen and oxygen atoms in total. The Bertz CT molecular complexity index is 617. The van der Waals surface area contributed by atoms with Gasteiger partial charge >= 0.3 is 7.12 Å². The molecular weight excluding hydrogens is 274 g/mol. The average Bonchev–Trinajstić information content (AvgIpc) is 2.84. The monoisotopic (exact) mass is 278 g/mol. The molecule has 0 saturated carbocycles. The van der Waals surface area contributed by atoms with Crippen molar-refractivity contribution in [2.45, 2.75) is 0 Å². The van der Waals surface area contributed by atoms with Gasteiger partial charge < -0.3 is 10.0 Å². The zero-order valence-corrected chi connectivity index (χ0v) is 8.91. The van der Waals surface area contributed by atoms with Crippen LogP contribution < -0.4 is 5.46 Å². The van der Waals surface area contributed by atoms with Crippen LogP contribution in [-0.2, 0) is 0 Å². The van der Waals surface area contributed by atoms with Gasteiger partial charge in [0.25, 0.3) is 0 Å². The summed E-state index contributed by atoms with van der Waals surface area (Å²) in [6.07, 6.45) is 1.53. The van der Waals surface area contributed by atoms with E-state index in [0.29, 0.717) is 4.68 Å². The molecule has 1 aromatic carbocycles. The number of hydrogen-bond donors (Lipinski definition) is 2. The van der Waals surface area contributed by atoms with Crippen LogP contribution in [-0.4, -0.2) is 26.9 Å². The van der Waals surface area contributed by atoms with E-state index in [4.69, 9.17) is 10.0 Å². The molecule has 0 amide bonds. The first-order valence-corrected chi connectivity index (χ1v) is 4.77. The van der Waals surface area contributed by atoms with E-state index >= 15 is 0 Å². The van der Waals surface area contributed by atoms with Crippen LogP contribution in [0.3, 0.4) is 0 Å². The van der Waals surface area contributed by atoms with E-state index in [9.17, 15) is 22.0 Å². The lowest BCUT2D eigenvalue weighted by Crippen LogP contribution is -2.28. The third-order valence-electron chi connectivity index (χ3n) is 2.32. The molecule has 0 atom stereocenters. The number of rotatable bonds is 2. The Kier molecular flexibility index (Phi) is 3.29. The van der Waals surface area contributed by atoms with E-state index in [1.54, 1.807) is 0 Å². The molecule has 0 bridgehead atoms. The zero-order valence-electron chi connectivity index (χ0n) is 8.91. The maximum atomic E-state index is 13.4. The summed E-state index contributed by atoms with van der Waals surface area (Å²) in [6.45, 7) is 0. The topological polar surface area (TPSA) is 58.3 Å². The maximum Gasteiger partial charge on any atom is 0.491 e. The standard InChI is InChI=1S/C9H4BF5N2O2/c11-4-5(12)7(14)9(8(15)6(4)13)17-2-3(1-16-17)10(18)19/h1-2,18-19H. The van der Waals surface area contributed by atoms with Crippen LogP contribution in [0.15, 0.2) is 12.4 Å². The van der Waals surface area contributed by atoms with E-state index in [-0.39, 0.29) is 5.46 Å². The van der Waals surface area contributed by atoms with Crippen molar-refractivity contribution in [1.29, 1.82) is 0 Å². The molecule has 0 aliphatic carbocycles. The van der Waals surface area contributed by atoms with Crippen molar-refractivity contribution in [2.24, 2.45) is 0 Å². The van der Waals surface area contributed by atoms with Gasteiger partial charge in [0.05, 0.1) is 0 Å². The van der Waals surface area contributed by atoms with Gasteiger partial charge in [-0.25, -0.2) is 26.6 Å². The minimum atomic E-state index is -2.28. The van der Waals surface area contributed by atoms with E-state index in [2.05, 4.69) is 5.10 Å². The summed E-state index contributed by atoms with van der Waals surface area (Å²) in [5.74, 6) is -10.7. The fourth-order valence-corrected chi connectivity index (χ4v) is 1.39. The fraction of sp³-hybridized carbons (Fsp3) is 0. The van der Waals surface area contributed by atoms with Crippen LogP contribution in [0.25, 0.3) is 5.69 Å². The lowest BCUT2D eigenvalue weighted by atomic mass is 9.83. The van der Waals surface area contributed by atoms with Crippen molar-refractivity contribution in [3.8, 4) is 5.69 Å². The van der Waals surface area contributed by atoms with Gasteiger partial charge in [0.15, 0.2) is 23.3 Å². The Morgan fingerprint density at radius 2 is 1.37 bits per heavy atom. The summed E-state index contributed by atoms with van der Waals surface area (Å²) < 4.78 is 65.8. The summed E-state index contributed by atoms with van der Waals surface area (Å²) in [7, 11) is -1.99. The molecule has 0 fully saturated rings. The van der Waals surface area contributed by atoms with Crippen LogP contribution >= 0.6 is 0 Å². The molecule has 2 N–H and O–H groups in total. The minimum Gasteiger partial charge on any atom is -0.423 e. The summed E-state index contributed by atoms with van der Waals surface area (Å²) in [6, 6.07) is 0. The van der Waals surface area contributed by atoms with E-state index in [1.165, 1.54) is 0 Å². The predicted molar refractivity (Wildman–Crippen MR) is 53.2 cm³/mol. The molecule has 0 radical (unpaired) electrons. The average molecular weight is 278 g/mol. The number of nitrogens with zero attached hydrogens (tertiary/aromatic N) is 2. The van der Waals surface area contributed by atoms with Crippen LogP contribution in [0.2, 0.25) is 0 Å². The molecule has 100 valence electrons. The van der Waals surface area contributed by atoms with Crippen molar-refractivity contribution in [2.75, 3.05) is 0 Å². The largest absolute Gasteiger partial charge is 0.491 e. The van der Waals surface area contributed by atoms with Gasteiger partial charge in [-0.05, 0) is 0 Å². The lowest BCUT2D eigenvalue weighted by molar-refractivity contribution is 0.374. The maximum absolute atomic E-state index is 13.4. The summed E-state index contributed by atoms with van der Waals surface area (Å²) in [5.41, 5.74) is -1.58. The quantitative estimate of drug-likeness (QED) is 0.358. The minimum absolute atomic E-state index is 0.274. The van der Waals surface area contributed by atoms with Crippen molar-refractivity contribution in [3.63, 3.8) is 0 Å². The highest BCUT2D eigenvalue weighted by Crippen LogP contribution is 2.25. The number of aromatic nitrogens is 2. The van der Waals surface area contributed by atoms with Crippen molar-refractivity contribution in [1.82, 2.24) is 9.78 Å². The van der Waals surface area contributed by atoms with Crippen LogP contribution in [0, 0.1) is 29.1 Å². The lowest BCUT2D eigenvalue weighted by Gasteiger charge is -2.07. The molecule has 1 aromatic heterocycles. The van der Waals surface area contributed by atoms with Crippen molar-refractivity contribution < 1.29 is 32.0 Å². The molecule has 0 aliphatic heterocycles. The second-order valence-corrected chi connectivity index (χ2v) is 3.51.